The second kappa shape index (κ2) is 19.2. The molecule has 40 heavy (non-hydrogen) atoms. The summed E-state index contributed by atoms with van der Waals surface area (Å²) in [6.07, 6.45) is 28.7. The lowest BCUT2D eigenvalue weighted by atomic mass is 9.89. The predicted octanol–water partition coefficient (Wildman–Crippen LogP) is 7.32. The summed E-state index contributed by atoms with van der Waals surface area (Å²) in [7, 11) is 0. The van der Waals surface area contributed by atoms with Gasteiger partial charge in [-0.15, -0.1) is 0 Å². The third-order valence-corrected chi connectivity index (χ3v) is 9.87. The van der Waals surface area contributed by atoms with Crippen molar-refractivity contribution < 1.29 is 0 Å². The van der Waals surface area contributed by atoms with Crippen LogP contribution in [0.2, 0.25) is 0 Å². The molecule has 4 N–H and O–H groups in total. The van der Waals surface area contributed by atoms with Crippen LogP contribution < -0.4 is 21.3 Å². The van der Waals surface area contributed by atoms with E-state index in [2.05, 4.69) is 40.3 Å². The normalized spacial score (nSPS) is 26.3. The van der Waals surface area contributed by atoms with Crippen molar-refractivity contribution in [2.45, 2.75) is 179 Å². The van der Waals surface area contributed by atoms with E-state index in [4.69, 9.17) is 4.98 Å². The van der Waals surface area contributed by atoms with Crippen LogP contribution in [0, 0.1) is 0 Å². The van der Waals surface area contributed by atoms with Crippen LogP contribution in [0.5, 0.6) is 0 Å². The maximum atomic E-state index is 5.16. The third-order valence-electron chi connectivity index (χ3n) is 9.87. The van der Waals surface area contributed by atoms with E-state index in [0.29, 0.717) is 24.2 Å². The Morgan fingerprint density at radius 2 is 0.950 bits per heavy atom. The van der Waals surface area contributed by atoms with Gasteiger partial charge in [0.2, 0.25) is 0 Å². The fraction of sp³-hybridized carbons (Fsp3) is 0.857. The standard InChI is InChI=1S/C35H63N5/c1-2-3-4-5-6-7-8-9-10-11-12-13-18-29-25-30-27-38-34-21-16-14-19-32(34)36-23-24-37-33-20-15-17-22-35(33)39-28-31(26-29)40-30/h25-26,32-39H,2-24,27-28H2,1H3/t32-,33-,34-,35-/m1/s1. The van der Waals surface area contributed by atoms with E-state index in [-0.39, 0.29) is 0 Å². The van der Waals surface area contributed by atoms with Gasteiger partial charge in [0.25, 0.3) is 0 Å². The van der Waals surface area contributed by atoms with Crippen LogP contribution in [-0.4, -0.2) is 42.2 Å². The highest BCUT2D eigenvalue weighted by Crippen LogP contribution is 2.22. The largest absolute Gasteiger partial charge is 0.311 e. The molecule has 0 spiro atoms. The topological polar surface area (TPSA) is 61.0 Å². The molecule has 3 aliphatic rings. The van der Waals surface area contributed by atoms with Crippen molar-refractivity contribution >= 4 is 0 Å². The van der Waals surface area contributed by atoms with Crippen molar-refractivity contribution in [1.29, 1.82) is 0 Å². The Bertz CT molecular complexity index is 750. The van der Waals surface area contributed by atoms with E-state index >= 15 is 0 Å². The van der Waals surface area contributed by atoms with Gasteiger partial charge in [-0.3, -0.25) is 4.98 Å². The fourth-order valence-corrected chi connectivity index (χ4v) is 7.44. The number of rotatable bonds is 13. The summed E-state index contributed by atoms with van der Waals surface area (Å²) in [5.74, 6) is 0. The van der Waals surface area contributed by atoms with Crippen LogP contribution >= 0.6 is 0 Å². The SMILES string of the molecule is CCCCCCCCCCCCCCc1cc2nc(c1)CN[C@@H]1CCCC[C@H]1NCCN[C@@H]1CCCC[C@H]1NC2. The van der Waals surface area contributed by atoms with Crippen LogP contribution in [0.3, 0.4) is 0 Å². The van der Waals surface area contributed by atoms with Crippen LogP contribution in [0.4, 0.5) is 0 Å². The highest BCUT2D eigenvalue weighted by molar-refractivity contribution is 5.22. The monoisotopic (exact) mass is 554 g/mol. The van der Waals surface area contributed by atoms with Gasteiger partial charge in [-0.2, -0.15) is 0 Å². The van der Waals surface area contributed by atoms with Crippen LogP contribution in [0.1, 0.15) is 152 Å². The minimum atomic E-state index is 0.560. The van der Waals surface area contributed by atoms with Crippen molar-refractivity contribution in [3.63, 3.8) is 0 Å². The van der Waals surface area contributed by atoms with E-state index < -0.39 is 0 Å². The molecule has 5 heteroatoms. The molecule has 0 aromatic carbocycles. The van der Waals surface area contributed by atoms with Crippen molar-refractivity contribution in [1.82, 2.24) is 26.3 Å². The lowest BCUT2D eigenvalue weighted by molar-refractivity contribution is 0.266. The Hall–Kier alpha value is -1.01. The number of unbranched alkanes of at least 4 members (excludes halogenated alkanes) is 11. The number of hydrogen-bond acceptors (Lipinski definition) is 5. The van der Waals surface area contributed by atoms with Gasteiger partial charge in [-0.25, -0.2) is 0 Å². The molecule has 5 nitrogen and oxygen atoms in total. The molecule has 2 saturated carbocycles. The zero-order valence-corrected chi connectivity index (χ0v) is 26.1. The molecular weight excluding hydrogens is 490 g/mol. The molecule has 4 rings (SSSR count). The van der Waals surface area contributed by atoms with Crippen LogP contribution in [-0.2, 0) is 19.5 Å². The summed E-state index contributed by atoms with van der Waals surface area (Å²) in [4.78, 5) is 5.16. The number of aryl methyl sites for hydroxylation is 1. The minimum absolute atomic E-state index is 0.560. The predicted molar refractivity (Wildman–Crippen MR) is 171 cm³/mol. The maximum absolute atomic E-state index is 5.16. The Labute approximate surface area is 247 Å². The Morgan fingerprint density at radius 3 is 1.40 bits per heavy atom. The molecule has 1 aromatic rings. The first-order valence-corrected chi connectivity index (χ1v) is 17.7. The first kappa shape index (κ1) is 31.9. The number of nitrogens with zero attached hydrogens (tertiary/aromatic N) is 1. The lowest BCUT2D eigenvalue weighted by Crippen LogP contribution is -2.53. The van der Waals surface area contributed by atoms with Crippen molar-refractivity contribution in [2.24, 2.45) is 0 Å². The Kier molecular flexibility index (Phi) is 15.3. The summed E-state index contributed by atoms with van der Waals surface area (Å²) >= 11 is 0. The van der Waals surface area contributed by atoms with Gasteiger partial charge in [0.15, 0.2) is 0 Å². The molecule has 0 amide bonds. The molecule has 0 saturated heterocycles. The molecule has 2 heterocycles. The van der Waals surface area contributed by atoms with Crippen molar-refractivity contribution in [3.8, 4) is 0 Å². The van der Waals surface area contributed by atoms with Crippen LogP contribution in [0.15, 0.2) is 12.1 Å². The molecule has 0 radical (unpaired) electrons. The second-order valence-electron chi connectivity index (χ2n) is 13.3. The van der Waals surface area contributed by atoms with Gasteiger partial charge in [-0.1, -0.05) is 103 Å². The summed E-state index contributed by atoms with van der Waals surface area (Å²) in [6, 6.07) is 7.11. The third kappa shape index (κ3) is 11.7. The Balaban J connectivity index is 1.27. The zero-order valence-electron chi connectivity index (χ0n) is 26.1. The van der Waals surface area contributed by atoms with Gasteiger partial charge in [-0.05, 0) is 56.2 Å². The second-order valence-corrected chi connectivity index (χ2v) is 13.3. The zero-order chi connectivity index (χ0) is 27.7. The van der Waals surface area contributed by atoms with Gasteiger partial charge < -0.3 is 21.3 Å². The molecule has 1 aromatic heterocycles. The van der Waals surface area contributed by atoms with E-state index in [0.717, 1.165) is 26.2 Å². The first-order valence-electron chi connectivity index (χ1n) is 17.7. The smallest absolute Gasteiger partial charge is 0.0548 e. The quantitative estimate of drug-likeness (QED) is 0.193. The van der Waals surface area contributed by atoms with Gasteiger partial charge >= 0.3 is 0 Å². The average molecular weight is 554 g/mol. The fourth-order valence-electron chi connectivity index (χ4n) is 7.44. The number of nitrogens with one attached hydrogen (secondary N) is 4. The lowest BCUT2D eigenvalue weighted by Gasteiger charge is -2.34. The van der Waals surface area contributed by atoms with E-state index in [9.17, 15) is 0 Å². The minimum Gasteiger partial charge on any atom is -0.311 e. The van der Waals surface area contributed by atoms with Crippen molar-refractivity contribution in [2.75, 3.05) is 13.1 Å². The maximum Gasteiger partial charge on any atom is 0.0548 e. The average Bonchev–Trinajstić information content (AvgIpc) is 2.98. The van der Waals surface area contributed by atoms with E-state index in [1.807, 2.05) is 0 Å². The van der Waals surface area contributed by atoms with Crippen molar-refractivity contribution in [3.05, 3.63) is 29.1 Å². The molecule has 2 fully saturated rings. The van der Waals surface area contributed by atoms with Crippen LogP contribution in [0.25, 0.3) is 0 Å². The highest BCUT2D eigenvalue weighted by Gasteiger charge is 2.26. The number of hydrogen-bond donors (Lipinski definition) is 4. The molecule has 2 bridgehead atoms. The summed E-state index contributed by atoms with van der Waals surface area (Å²) < 4.78 is 0. The molecule has 1 aliphatic heterocycles. The Morgan fingerprint density at radius 1 is 0.550 bits per heavy atom. The molecule has 0 unspecified atom stereocenters. The summed E-state index contributed by atoms with van der Waals surface area (Å²) in [5.41, 5.74) is 3.98. The number of fused-ring (bicyclic) bond motifs is 4. The first-order chi connectivity index (χ1) is 19.8. The highest BCUT2D eigenvalue weighted by atomic mass is 15.1. The molecule has 2 aliphatic carbocycles. The molecular formula is C35H63N5. The molecule has 4 atom stereocenters. The van der Waals surface area contributed by atoms with Gasteiger partial charge in [0.05, 0.1) is 11.4 Å². The van der Waals surface area contributed by atoms with Gasteiger partial charge in [0, 0.05) is 50.3 Å². The van der Waals surface area contributed by atoms with E-state index in [1.165, 1.54) is 152 Å². The number of aromatic nitrogens is 1. The van der Waals surface area contributed by atoms with E-state index in [1.54, 1.807) is 0 Å². The van der Waals surface area contributed by atoms with Gasteiger partial charge in [0.1, 0.15) is 0 Å². The summed E-state index contributed by atoms with van der Waals surface area (Å²) in [6.45, 7) is 6.24. The summed E-state index contributed by atoms with van der Waals surface area (Å²) in [5, 5.41) is 15.7. The molecule has 228 valence electrons. The number of pyridine rings is 1.